The molecule has 0 atom stereocenters. The van der Waals surface area contributed by atoms with Crippen molar-refractivity contribution in [3.63, 3.8) is 0 Å². The van der Waals surface area contributed by atoms with E-state index in [0.29, 0.717) is 0 Å². The zero-order valence-electron chi connectivity index (χ0n) is 9.86. The van der Waals surface area contributed by atoms with Crippen molar-refractivity contribution in [1.29, 1.82) is 0 Å². The molecule has 2 rings (SSSR count). The van der Waals surface area contributed by atoms with E-state index >= 15 is 0 Å². The van der Waals surface area contributed by atoms with E-state index in [1.807, 2.05) is 22.9 Å². The summed E-state index contributed by atoms with van der Waals surface area (Å²) in [5.41, 5.74) is 0. The van der Waals surface area contributed by atoms with Crippen molar-refractivity contribution >= 4 is 33.0 Å². The highest BCUT2D eigenvalue weighted by Crippen LogP contribution is 2.19. The van der Waals surface area contributed by atoms with E-state index in [1.54, 1.807) is 0 Å². The first kappa shape index (κ1) is 13.2. The summed E-state index contributed by atoms with van der Waals surface area (Å²) in [4.78, 5) is 4.95. The molecule has 4 nitrogen and oxygen atoms in total. The number of nitrogens with zero attached hydrogens (tertiary/aromatic N) is 2. The highest BCUT2D eigenvalue weighted by molar-refractivity contribution is 14.1. The van der Waals surface area contributed by atoms with E-state index in [9.17, 15) is 4.21 Å². The molecule has 2 saturated heterocycles. The lowest BCUT2D eigenvalue weighted by atomic mass is 10.0. The minimum Gasteiger partial charge on any atom is -0.306 e. The summed E-state index contributed by atoms with van der Waals surface area (Å²) in [5.74, 6) is 1.70. The summed E-state index contributed by atoms with van der Waals surface area (Å²) in [7, 11) is 0.185. The van der Waals surface area contributed by atoms with Crippen LogP contribution in [0, 0.1) is 0 Å². The zero-order valence-corrected chi connectivity index (χ0v) is 12.9. The molecule has 16 heavy (non-hydrogen) atoms. The Bertz CT molecular complexity index is 269. The van der Waals surface area contributed by atoms with Gasteiger partial charge in [-0.15, -0.1) is 0 Å². The van der Waals surface area contributed by atoms with Crippen LogP contribution < -0.4 is 2.94 Å². The lowest BCUT2D eigenvalue weighted by Crippen LogP contribution is -2.53. The van der Waals surface area contributed by atoms with Crippen LogP contribution in [0.2, 0.25) is 0 Å². The summed E-state index contributed by atoms with van der Waals surface area (Å²) >= 11 is 2.05. The second kappa shape index (κ2) is 5.60. The van der Waals surface area contributed by atoms with E-state index in [0.717, 1.165) is 30.6 Å². The third-order valence-corrected chi connectivity index (χ3v) is 8.65. The molecule has 0 aliphatic carbocycles. The number of rotatable bonds is 2. The maximum Gasteiger partial charge on any atom is 0.0290 e. The summed E-state index contributed by atoms with van der Waals surface area (Å²) < 4.78 is 15.1. The normalized spacial score (nSPS) is 31.4. The van der Waals surface area contributed by atoms with Gasteiger partial charge in [0.1, 0.15) is 0 Å². The van der Waals surface area contributed by atoms with Crippen molar-refractivity contribution in [3.8, 4) is 0 Å². The maximum atomic E-state index is 12.1. The third-order valence-electron chi connectivity index (χ3n) is 3.86. The largest absolute Gasteiger partial charge is 0.306 e. The van der Waals surface area contributed by atoms with E-state index in [2.05, 4.69) is 19.8 Å². The lowest BCUT2D eigenvalue weighted by molar-refractivity contribution is 0.129. The van der Waals surface area contributed by atoms with Crippen molar-refractivity contribution in [2.45, 2.75) is 18.9 Å². The maximum absolute atomic E-state index is 12.1. The van der Waals surface area contributed by atoms with Crippen LogP contribution in [0.15, 0.2) is 0 Å². The summed E-state index contributed by atoms with van der Waals surface area (Å²) in [6.45, 7) is 4.45. The van der Waals surface area contributed by atoms with Gasteiger partial charge in [-0.05, 0) is 43.1 Å². The van der Waals surface area contributed by atoms with Crippen molar-refractivity contribution in [1.82, 2.24) is 12.7 Å². The van der Waals surface area contributed by atoms with Crippen molar-refractivity contribution < 1.29 is 4.21 Å². The molecule has 1 N–H and O–H groups in total. The van der Waals surface area contributed by atoms with Gasteiger partial charge in [-0.25, -0.2) is 2.94 Å². The van der Waals surface area contributed by atoms with Gasteiger partial charge in [-0.2, -0.15) is 0 Å². The molecule has 0 aromatic carbocycles. The molecule has 0 saturated carbocycles. The molecule has 96 valence electrons. The molecule has 0 bridgehead atoms. The van der Waals surface area contributed by atoms with Crippen molar-refractivity contribution in [2.75, 3.05) is 44.7 Å². The number of nitrogens with one attached hydrogen (secondary N) is 1. The van der Waals surface area contributed by atoms with Crippen LogP contribution in [0.1, 0.15) is 12.8 Å². The first-order valence-electron chi connectivity index (χ1n) is 6.01. The van der Waals surface area contributed by atoms with Gasteiger partial charge < -0.3 is 4.90 Å². The molecule has 0 unspecified atom stereocenters. The minimum absolute atomic E-state index is 0.735. The Morgan fingerprint density at radius 1 is 1.19 bits per heavy atom. The molecule has 0 amide bonds. The number of hydrogen-bond donors (Lipinski definition) is 2. The van der Waals surface area contributed by atoms with Gasteiger partial charge in [-0.3, -0.25) is 9.11 Å². The Hall–Kier alpha value is 0.760. The van der Waals surface area contributed by atoms with Crippen molar-refractivity contribution in [3.05, 3.63) is 0 Å². The van der Waals surface area contributed by atoms with E-state index in [4.69, 9.17) is 0 Å². The first-order chi connectivity index (χ1) is 7.63. The van der Waals surface area contributed by atoms with Crippen LogP contribution >= 0.6 is 22.9 Å². The fourth-order valence-electron chi connectivity index (χ4n) is 2.61. The Kier molecular flexibility index (Phi) is 4.62. The molecule has 0 aromatic heterocycles. The molecule has 2 aliphatic heterocycles. The third kappa shape index (κ3) is 3.16. The van der Waals surface area contributed by atoms with Gasteiger partial charge in [0.15, 0.2) is 0 Å². The molecule has 0 aromatic rings. The SMILES string of the molecule is CN1CCC(N2CC[SH](=O)(NI)CC2)CC1. The average molecular weight is 359 g/mol. The zero-order chi connectivity index (χ0) is 11.6. The quantitative estimate of drug-likeness (QED) is 0.422. The van der Waals surface area contributed by atoms with Gasteiger partial charge in [0.2, 0.25) is 0 Å². The van der Waals surface area contributed by atoms with Crippen LogP contribution in [0.25, 0.3) is 0 Å². The monoisotopic (exact) mass is 359 g/mol. The summed E-state index contributed by atoms with van der Waals surface area (Å²) in [5, 5.41) is 0. The second-order valence-corrected chi connectivity index (χ2v) is 9.28. The fourth-order valence-corrected chi connectivity index (χ4v) is 5.61. The first-order valence-corrected chi connectivity index (χ1v) is 9.17. The average Bonchev–Trinajstić information content (AvgIpc) is 2.32. The van der Waals surface area contributed by atoms with Crippen LogP contribution in [0.4, 0.5) is 0 Å². The molecule has 2 aliphatic rings. The number of hydrogen-bond acceptors (Lipinski definition) is 3. The summed E-state index contributed by atoms with van der Waals surface area (Å²) in [6, 6.07) is 0.735. The Labute approximate surface area is 113 Å². The van der Waals surface area contributed by atoms with Gasteiger partial charge in [0.25, 0.3) is 0 Å². The van der Waals surface area contributed by atoms with Crippen molar-refractivity contribution in [2.24, 2.45) is 0 Å². The molecule has 0 spiro atoms. The number of piperidine rings is 1. The number of thiol groups is 1. The van der Waals surface area contributed by atoms with E-state index in [1.165, 1.54) is 25.9 Å². The van der Waals surface area contributed by atoms with Gasteiger partial charge in [0.05, 0.1) is 0 Å². The van der Waals surface area contributed by atoms with Gasteiger partial charge >= 0.3 is 0 Å². The summed E-state index contributed by atoms with van der Waals surface area (Å²) in [6.07, 6.45) is 2.55. The molecule has 2 heterocycles. The van der Waals surface area contributed by atoms with Gasteiger partial charge in [0, 0.05) is 53.5 Å². The van der Waals surface area contributed by atoms with Gasteiger partial charge in [-0.1, -0.05) is 0 Å². The lowest BCUT2D eigenvalue weighted by Gasteiger charge is -2.42. The molecule has 0 radical (unpaired) electrons. The van der Waals surface area contributed by atoms with Crippen LogP contribution in [0.5, 0.6) is 0 Å². The topological polar surface area (TPSA) is 35.6 Å². The van der Waals surface area contributed by atoms with E-state index < -0.39 is 10.1 Å². The fraction of sp³-hybridized carbons (Fsp3) is 1.00. The van der Waals surface area contributed by atoms with Crippen LogP contribution in [-0.2, 0) is 10.1 Å². The molecular formula is C10H22IN3OS. The second-order valence-electron chi connectivity index (χ2n) is 4.99. The standard InChI is InChI=1S/C10H22IN3OS/c1-13-4-2-10(3-5-13)14-6-8-16(15,12-11)9-7-14/h10,16H,2-9H2,1H3,(H,12,15). The highest BCUT2D eigenvalue weighted by atomic mass is 127. The van der Waals surface area contributed by atoms with Crippen LogP contribution in [-0.4, -0.2) is 64.8 Å². The smallest absolute Gasteiger partial charge is 0.0290 e. The number of likely N-dealkylation sites (tertiary alicyclic amines) is 1. The molecule has 6 heteroatoms. The van der Waals surface area contributed by atoms with E-state index in [-0.39, 0.29) is 0 Å². The molecule has 2 fully saturated rings. The minimum atomic E-state index is -2.01. The predicted octanol–water partition coefficient (Wildman–Crippen LogP) is 0.267. The number of halogens is 1. The van der Waals surface area contributed by atoms with Crippen LogP contribution in [0.3, 0.4) is 0 Å². The highest BCUT2D eigenvalue weighted by Gasteiger charge is 2.29. The molecular weight excluding hydrogens is 337 g/mol. The Morgan fingerprint density at radius 2 is 1.75 bits per heavy atom. The Balaban J connectivity index is 1.83. The Morgan fingerprint density at radius 3 is 2.25 bits per heavy atom. The predicted molar refractivity (Wildman–Crippen MR) is 78.5 cm³/mol.